The Morgan fingerprint density at radius 1 is 1.32 bits per heavy atom. The van der Waals surface area contributed by atoms with Gasteiger partial charge in [-0.3, -0.25) is 4.79 Å². The largest absolute Gasteiger partial charge is 0.381 e. The molecule has 0 spiro atoms. The number of hydrogen-bond acceptors (Lipinski definition) is 3. The summed E-state index contributed by atoms with van der Waals surface area (Å²) in [7, 11) is 0. The van der Waals surface area contributed by atoms with Crippen LogP contribution in [-0.2, 0) is 4.74 Å². The van der Waals surface area contributed by atoms with Gasteiger partial charge in [0.15, 0.2) is 4.77 Å². The summed E-state index contributed by atoms with van der Waals surface area (Å²) in [6, 6.07) is 2.51. The molecule has 1 heterocycles. The Balaban J connectivity index is 1.91. The average molecular weight is 325 g/mol. The van der Waals surface area contributed by atoms with Crippen LogP contribution in [0.15, 0.2) is 12.1 Å². The van der Waals surface area contributed by atoms with E-state index in [-0.39, 0.29) is 11.5 Å². The molecule has 7 heteroatoms. The van der Waals surface area contributed by atoms with Crippen LogP contribution in [0.1, 0.15) is 36.5 Å². The highest BCUT2D eigenvalue weighted by molar-refractivity contribution is 7.71. The predicted molar refractivity (Wildman–Crippen MR) is 86.1 cm³/mol. The Morgan fingerprint density at radius 2 is 2.09 bits per heavy atom. The van der Waals surface area contributed by atoms with Crippen LogP contribution in [-0.4, -0.2) is 35.6 Å². The van der Waals surface area contributed by atoms with Gasteiger partial charge in [-0.05, 0) is 37.2 Å². The van der Waals surface area contributed by atoms with Crippen molar-refractivity contribution in [1.29, 1.82) is 0 Å². The van der Waals surface area contributed by atoms with E-state index in [0.717, 1.165) is 25.9 Å². The first-order valence-electron chi connectivity index (χ1n) is 7.39. The van der Waals surface area contributed by atoms with E-state index in [2.05, 4.69) is 22.2 Å². The average Bonchev–Trinajstić information content (AvgIpc) is 2.85. The second-order valence-electron chi connectivity index (χ2n) is 5.03. The van der Waals surface area contributed by atoms with Crippen molar-refractivity contribution in [2.45, 2.75) is 26.2 Å². The van der Waals surface area contributed by atoms with Crippen LogP contribution in [0.4, 0.5) is 4.39 Å². The number of nitrogens with one attached hydrogen (secondary N) is 3. The van der Waals surface area contributed by atoms with Crippen LogP contribution in [0.3, 0.4) is 0 Å². The number of ether oxygens (including phenoxy) is 1. The van der Waals surface area contributed by atoms with Crippen LogP contribution in [0, 0.1) is 10.6 Å². The zero-order valence-corrected chi connectivity index (χ0v) is 13.3. The zero-order valence-electron chi connectivity index (χ0n) is 12.5. The normalized spacial score (nSPS) is 11.0. The summed E-state index contributed by atoms with van der Waals surface area (Å²) in [5.74, 6) is -0.811. The molecule has 0 aliphatic rings. The molecule has 1 aromatic heterocycles. The minimum atomic E-state index is -0.481. The van der Waals surface area contributed by atoms with Gasteiger partial charge in [0.2, 0.25) is 0 Å². The Bertz CT molecular complexity index is 696. The van der Waals surface area contributed by atoms with Gasteiger partial charge in [0.1, 0.15) is 5.82 Å². The second-order valence-corrected chi connectivity index (χ2v) is 5.44. The second kappa shape index (κ2) is 8.05. The van der Waals surface area contributed by atoms with Crippen molar-refractivity contribution in [3.05, 3.63) is 28.3 Å². The number of imidazole rings is 1. The number of carbonyl (C=O) groups is 1. The lowest BCUT2D eigenvalue weighted by Gasteiger charge is -2.07. The van der Waals surface area contributed by atoms with E-state index in [1.54, 1.807) is 0 Å². The lowest BCUT2D eigenvalue weighted by atomic mass is 10.1. The minimum Gasteiger partial charge on any atom is -0.381 e. The maximum Gasteiger partial charge on any atom is 0.253 e. The topological polar surface area (TPSA) is 69.9 Å². The predicted octanol–water partition coefficient (Wildman–Crippen LogP) is 3.30. The highest BCUT2D eigenvalue weighted by atomic mass is 32.1. The first-order chi connectivity index (χ1) is 10.6. The SMILES string of the molecule is CCCCOCCCNC(=O)c1cc(F)cc2[nH]c(=S)[nH]c12. The van der Waals surface area contributed by atoms with Gasteiger partial charge in [0.25, 0.3) is 5.91 Å². The van der Waals surface area contributed by atoms with Crippen LogP contribution >= 0.6 is 12.2 Å². The third-order valence-electron chi connectivity index (χ3n) is 3.23. The number of amides is 1. The number of aromatic nitrogens is 2. The van der Waals surface area contributed by atoms with Gasteiger partial charge in [0.05, 0.1) is 16.6 Å². The third kappa shape index (κ3) is 4.38. The molecule has 0 unspecified atom stereocenters. The van der Waals surface area contributed by atoms with E-state index in [1.165, 1.54) is 12.1 Å². The van der Waals surface area contributed by atoms with Gasteiger partial charge in [-0.25, -0.2) is 4.39 Å². The number of unbranched alkanes of at least 4 members (excludes halogenated alkanes) is 1. The first kappa shape index (κ1) is 16.6. The van der Waals surface area contributed by atoms with E-state index in [4.69, 9.17) is 17.0 Å². The summed E-state index contributed by atoms with van der Waals surface area (Å²) < 4.78 is 19.3. The van der Waals surface area contributed by atoms with Crippen molar-refractivity contribution < 1.29 is 13.9 Å². The number of benzene rings is 1. The summed E-state index contributed by atoms with van der Waals surface area (Å²) in [5.41, 5.74) is 1.25. The molecule has 1 aromatic carbocycles. The highest BCUT2D eigenvalue weighted by Gasteiger charge is 2.13. The van der Waals surface area contributed by atoms with Crippen LogP contribution in [0.25, 0.3) is 11.0 Å². The number of carbonyl (C=O) groups excluding carboxylic acids is 1. The van der Waals surface area contributed by atoms with Gasteiger partial charge in [-0.15, -0.1) is 0 Å². The number of rotatable bonds is 8. The fourth-order valence-corrected chi connectivity index (χ4v) is 2.32. The van der Waals surface area contributed by atoms with Gasteiger partial charge >= 0.3 is 0 Å². The van der Waals surface area contributed by atoms with E-state index in [9.17, 15) is 9.18 Å². The van der Waals surface area contributed by atoms with Crippen molar-refractivity contribution >= 4 is 29.2 Å². The molecule has 0 aliphatic carbocycles. The van der Waals surface area contributed by atoms with Crippen LogP contribution < -0.4 is 5.32 Å². The molecule has 2 rings (SSSR count). The van der Waals surface area contributed by atoms with E-state index < -0.39 is 5.82 Å². The highest BCUT2D eigenvalue weighted by Crippen LogP contribution is 2.17. The molecular formula is C15H20FN3O2S. The molecule has 120 valence electrons. The number of fused-ring (bicyclic) bond motifs is 1. The van der Waals surface area contributed by atoms with Crippen molar-refractivity contribution in [3.8, 4) is 0 Å². The van der Waals surface area contributed by atoms with Gasteiger partial charge in [0, 0.05) is 19.8 Å². The lowest BCUT2D eigenvalue weighted by molar-refractivity contribution is 0.0941. The molecule has 22 heavy (non-hydrogen) atoms. The fraction of sp³-hybridized carbons (Fsp3) is 0.467. The molecule has 0 aliphatic heterocycles. The fourth-order valence-electron chi connectivity index (χ4n) is 2.11. The van der Waals surface area contributed by atoms with Gasteiger partial charge in [-0.1, -0.05) is 13.3 Å². The third-order valence-corrected chi connectivity index (χ3v) is 3.43. The number of hydrogen-bond donors (Lipinski definition) is 3. The minimum absolute atomic E-state index is 0.245. The molecule has 1 amide bonds. The molecule has 0 bridgehead atoms. The number of halogens is 1. The van der Waals surface area contributed by atoms with Crippen molar-refractivity contribution in [1.82, 2.24) is 15.3 Å². The smallest absolute Gasteiger partial charge is 0.253 e. The summed E-state index contributed by atoms with van der Waals surface area (Å²) in [6.07, 6.45) is 2.86. The monoisotopic (exact) mass is 325 g/mol. The van der Waals surface area contributed by atoms with Crippen molar-refractivity contribution in [2.24, 2.45) is 0 Å². The van der Waals surface area contributed by atoms with Crippen molar-refractivity contribution in [2.75, 3.05) is 19.8 Å². The Labute approximate surface area is 133 Å². The van der Waals surface area contributed by atoms with Crippen LogP contribution in [0.5, 0.6) is 0 Å². The van der Waals surface area contributed by atoms with E-state index in [1.807, 2.05) is 0 Å². The summed E-state index contributed by atoms with van der Waals surface area (Å²) in [5, 5.41) is 2.76. The summed E-state index contributed by atoms with van der Waals surface area (Å²) >= 11 is 4.98. The lowest BCUT2D eigenvalue weighted by Crippen LogP contribution is -2.25. The molecule has 5 nitrogen and oxygen atoms in total. The maximum absolute atomic E-state index is 13.6. The molecule has 0 saturated carbocycles. The molecule has 0 saturated heterocycles. The summed E-state index contributed by atoms with van der Waals surface area (Å²) in [4.78, 5) is 17.8. The molecule has 0 fully saturated rings. The van der Waals surface area contributed by atoms with Gasteiger partial charge in [-0.2, -0.15) is 0 Å². The number of H-pyrrole nitrogens is 2. The summed E-state index contributed by atoms with van der Waals surface area (Å²) in [6.45, 7) is 3.93. The Hall–Kier alpha value is -1.73. The van der Waals surface area contributed by atoms with E-state index >= 15 is 0 Å². The molecular weight excluding hydrogens is 305 g/mol. The molecule has 2 aromatic rings. The molecule has 0 radical (unpaired) electrons. The zero-order chi connectivity index (χ0) is 15.9. The first-order valence-corrected chi connectivity index (χ1v) is 7.80. The van der Waals surface area contributed by atoms with E-state index in [0.29, 0.717) is 29.0 Å². The maximum atomic E-state index is 13.6. The molecule has 3 N–H and O–H groups in total. The number of aromatic amines is 2. The van der Waals surface area contributed by atoms with Crippen LogP contribution in [0.2, 0.25) is 0 Å². The van der Waals surface area contributed by atoms with Gasteiger partial charge < -0.3 is 20.0 Å². The Morgan fingerprint density at radius 3 is 2.86 bits per heavy atom. The van der Waals surface area contributed by atoms with Crippen molar-refractivity contribution in [3.63, 3.8) is 0 Å². The Kier molecular flexibility index (Phi) is 6.09. The standard InChI is InChI=1S/C15H20FN3O2S/c1-2-3-6-21-7-4-5-17-14(20)11-8-10(16)9-12-13(11)19-15(22)18-12/h8-9H,2-7H2,1H3,(H,17,20)(H2,18,19,22). The quantitative estimate of drug-likeness (QED) is 0.515. The molecule has 0 atom stereocenters.